The molecule has 0 aliphatic carbocycles. The minimum atomic E-state index is 0.486. The van der Waals surface area contributed by atoms with E-state index in [1.54, 1.807) is 0 Å². The van der Waals surface area contributed by atoms with Crippen LogP contribution >= 0.6 is 11.5 Å². The first-order valence-electron chi connectivity index (χ1n) is 3.25. The van der Waals surface area contributed by atoms with Crippen molar-refractivity contribution in [3.05, 3.63) is 5.01 Å². The van der Waals surface area contributed by atoms with Crippen molar-refractivity contribution in [2.45, 2.75) is 19.8 Å². The second-order valence-corrected chi connectivity index (χ2v) is 3.14. The first kappa shape index (κ1) is 7.47. The van der Waals surface area contributed by atoms with E-state index in [9.17, 15) is 0 Å². The van der Waals surface area contributed by atoms with Gasteiger partial charge in [-0.1, -0.05) is 13.8 Å². The van der Waals surface area contributed by atoms with Gasteiger partial charge < -0.3 is 5.32 Å². The first-order chi connectivity index (χ1) is 4.74. The van der Waals surface area contributed by atoms with Gasteiger partial charge in [-0.25, -0.2) is 4.98 Å². The van der Waals surface area contributed by atoms with E-state index >= 15 is 0 Å². The summed E-state index contributed by atoms with van der Waals surface area (Å²) in [6.45, 7) is 4.22. The predicted molar refractivity (Wildman–Crippen MR) is 43.5 cm³/mol. The van der Waals surface area contributed by atoms with Crippen molar-refractivity contribution >= 4 is 17.5 Å². The first-order valence-corrected chi connectivity index (χ1v) is 4.02. The Balaban J connectivity index is 2.78. The third-order valence-electron chi connectivity index (χ3n) is 1.16. The van der Waals surface area contributed by atoms with E-state index in [4.69, 9.17) is 0 Å². The van der Waals surface area contributed by atoms with Crippen LogP contribution in [0.1, 0.15) is 24.8 Å². The fourth-order valence-corrected chi connectivity index (χ4v) is 1.22. The molecule has 0 bridgehead atoms. The molecule has 1 aromatic heterocycles. The Morgan fingerprint density at radius 2 is 2.20 bits per heavy atom. The Morgan fingerprint density at radius 3 is 2.50 bits per heavy atom. The zero-order chi connectivity index (χ0) is 7.56. The maximum atomic E-state index is 4.22. The summed E-state index contributed by atoms with van der Waals surface area (Å²) in [4.78, 5) is 4.22. The highest BCUT2D eigenvalue weighted by molar-refractivity contribution is 7.05. The molecule has 0 unspecified atom stereocenters. The Kier molecular flexibility index (Phi) is 2.21. The summed E-state index contributed by atoms with van der Waals surface area (Å²) in [5, 5.41) is 3.98. The zero-order valence-corrected chi connectivity index (χ0v) is 7.20. The highest BCUT2D eigenvalue weighted by Crippen LogP contribution is 2.17. The maximum absolute atomic E-state index is 4.22. The van der Waals surface area contributed by atoms with Crippen molar-refractivity contribution < 1.29 is 0 Å². The Morgan fingerprint density at radius 1 is 1.50 bits per heavy atom. The van der Waals surface area contributed by atoms with Crippen molar-refractivity contribution in [2.24, 2.45) is 0 Å². The molecule has 0 saturated heterocycles. The lowest BCUT2D eigenvalue weighted by molar-refractivity contribution is 0.853. The van der Waals surface area contributed by atoms with Crippen LogP contribution in [0.5, 0.6) is 0 Å². The van der Waals surface area contributed by atoms with Crippen LogP contribution in [0.2, 0.25) is 0 Å². The van der Waals surface area contributed by atoms with Crippen molar-refractivity contribution in [2.75, 3.05) is 12.4 Å². The fraction of sp³-hybridized carbons (Fsp3) is 0.667. The summed E-state index contributed by atoms with van der Waals surface area (Å²) < 4.78 is 4.08. The van der Waals surface area contributed by atoms with Crippen LogP contribution in [0.4, 0.5) is 5.95 Å². The van der Waals surface area contributed by atoms with Crippen molar-refractivity contribution in [1.29, 1.82) is 0 Å². The molecule has 3 nitrogen and oxygen atoms in total. The smallest absolute Gasteiger partial charge is 0.234 e. The second kappa shape index (κ2) is 2.96. The lowest BCUT2D eigenvalue weighted by Crippen LogP contribution is -1.90. The molecule has 1 aromatic rings. The molecule has 0 spiro atoms. The Labute approximate surface area is 64.7 Å². The van der Waals surface area contributed by atoms with Crippen LogP contribution in [0.15, 0.2) is 0 Å². The summed E-state index contributed by atoms with van der Waals surface area (Å²) in [6, 6.07) is 0. The standard InChI is InChI=1S/C6H11N3S/c1-4(2)5-8-6(7-3)9-10-5/h4H,1-3H3,(H,7,9). The lowest BCUT2D eigenvalue weighted by Gasteiger charge is -1.93. The SMILES string of the molecule is CNc1nsc(C(C)C)n1. The van der Waals surface area contributed by atoms with E-state index in [2.05, 4.69) is 28.5 Å². The third-order valence-corrected chi connectivity index (χ3v) is 2.17. The largest absolute Gasteiger partial charge is 0.357 e. The van der Waals surface area contributed by atoms with Crippen LogP contribution < -0.4 is 5.32 Å². The topological polar surface area (TPSA) is 37.8 Å². The third kappa shape index (κ3) is 1.44. The summed E-state index contributed by atoms with van der Waals surface area (Å²) in [5.41, 5.74) is 0. The molecule has 0 radical (unpaired) electrons. The molecule has 0 fully saturated rings. The highest BCUT2D eigenvalue weighted by Gasteiger charge is 2.04. The molecule has 1 rings (SSSR count). The molecule has 0 amide bonds. The normalized spacial score (nSPS) is 10.4. The number of anilines is 1. The van der Waals surface area contributed by atoms with Gasteiger partial charge in [0.1, 0.15) is 5.01 Å². The minimum absolute atomic E-state index is 0.486. The molecule has 4 heteroatoms. The van der Waals surface area contributed by atoms with Crippen LogP contribution in [-0.4, -0.2) is 16.4 Å². The highest BCUT2D eigenvalue weighted by atomic mass is 32.1. The van der Waals surface area contributed by atoms with E-state index in [1.807, 2.05) is 7.05 Å². The van der Waals surface area contributed by atoms with Gasteiger partial charge in [-0.15, -0.1) is 0 Å². The van der Waals surface area contributed by atoms with Gasteiger partial charge in [-0.05, 0) is 11.5 Å². The molecule has 10 heavy (non-hydrogen) atoms. The number of aromatic nitrogens is 2. The predicted octanol–water partition coefficient (Wildman–Crippen LogP) is 1.70. The van der Waals surface area contributed by atoms with E-state index in [1.165, 1.54) is 11.5 Å². The molecular formula is C6H11N3S. The van der Waals surface area contributed by atoms with Gasteiger partial charge in [0.2, 0.25) is 5.95 Å². The van der Waals surface area contributed by atoms with Gasteiger partial charge in [0.25, 0.3) is 0 Å². The van der Waals surface area contributed by atoms with E-state index in [-0.39, 0.29) is 0 Å². The molecule has 1 N–H and O–H groups in total. The summed E-state index contributed by atoms with van der Waals surface area (Å²) in [7, 11) is 1.83. The van der Waals surface area contributed by atoms with Crippen molar-refractivity contribution in [1.82, 2.24) is 9.36 Å². The van der Waals surface area contributed by atoms with Crippen LogP contribution in [0, 0.1) is 0 Å². The molecule has 1 heterocycles. The van der Waals surface area contributed by atoms with Crippen LogP contribution in [-0.2, 0) is 0 Å². The molecule has 56 valence electrons. The zero-order valence-electron chi connectivity index (χ0n) is 6.38. The Bertz CT molecular complexity index is 207. The van der Waals surface area contributed by atoms with Crippen LogP contribution in [0.25, 0.3) is 0 Å². The fourth-order valence-electron chi connectivity index (χ4n) is 0.571. The molecule has 0 saturated carbocycles. The number of hydrogen-bond acceptors (Lipinski definition) is 4. The number of rotatable bonds is 2. The Hall–Kier alpha value is -0.640. The van der Waals surface area contributed by atoms with Gasteiger partial charge in [-0.2, -0.15) is 4.37 Å². The molecule has 0 aliphatic heterocycles. The maximum Gasteiger partial charge on any atom is 0.234 e. The van der Waals surface area contributed by atoms with Crippen molar-refractivity contribution in [3.8, 4) is 0 Å². The van der Waals surface area contributed by atoms with Gasteiger partial charge in [0, 0.05) is 13.0 Å². The number of nitrogens with one attached hydrogen (secondary N) is 1. The average molecular weight is 157 g/mol. The number of nitrogens with zero attached hydrogens (tertiary/aromatic N) is 2. The molecular weight excluding hydrogens is 146 g/mol. The van der Waals surface area contributed by atoms with Gasteiger partial charge >= 0.3 is 0 Å². The monoisotopic (exact) mass is 157 g/mol. The molecule has 0 aliphatic rings. The molecule has 0 atom stereocenters. The summed E-state index contributed by atoms with van der Waals surface area (Å²) >= 11 is 1.46. The quantitative estimate of drug-likeness (QED) is 0.710. The van der Waals surface area contributed by atoms with E-state index in [0.717, 1.165) is 11.0 Å². The average Bonchev–Trinajstić information content (AvgIpc) is 2.34. The van der Waals surface area contributed by atoms with E-state index in [0.29, 0.717) is 5.92 Å². The van der Waals surface area contributed by atoms with Crippen molar-refractivity contribution in [3.63, 3.8) is 0 Å². The second-order valence-electron chi connectivity index (χ2n) is 2.36. The molecule has 0 aromatic carbocycles. The van der Waals surface area contributed by atoms with Crippen LogP contribution in [0.3, 0.4) is 0 Å². The minimum Gasteiger partial charge on any atom is -0.357 e. The van der Waals surface area contributed by atoms with Gasteiger partial charge in [0.15, 0.2) is 0 Å². The lowest BCUT2D eigenvalue weighted by atomic mass is 10.2. The van der Waals surface area contributed by atoms with E-state index < -0.39 is 0 Å². The summed E-state index contributed by atoms with van der Waals surface area (Å²) in [6.07, 6.45) is 0. The summed E-state index contributed by atoms with van der Waals surface area (Å²) in [5.74, 6) is 1.22. The van der Waals surface area contributed by atoms with Gasteiger partial charge in [-0.3, -0.25) is 0 Å². The number of hydrogen-bond donors (Lipinski definition) is 1. The van der Waals surface area contributed by atoms with Gasteiger partial charge in [0.05, 0.1) is 0 Å².